The second-order valence-corrected chi connectivity index (χ2v) is 3.26. The van der Waals surface area contributed by atoms with Crippen molar-refractivity contribution in [3.8, 4) is 0 Å². The van der Waals surface area contributed by atoms with Crippen molar-refractivity contribution in [3.05, 3.63) is 0 Å². The lowest BCUT2D eigenvalue weighted by Crippen LogP contribution is -2.29. The van der Waals surface area contributed by atoms with Gasteiger partial charge in [-0.1, -0.05) is 0 Å². The van der Waals surface area contributed by atoms with E-state index < -0.39 is 0 Å². The summed E-state index contributed by atoms with van der Waals surface area (Å²) in [5.74, 6) is 0.179. The van der Waals surface area contributed by atoms with Gasteiger partial charge in [0.25, 0.3) is 0 Å². The molecule has 0 radical (unpaired) electrons. The molecular weight excluding hydrogens is 182 g/mol. The highest BCUT2D eigenvalue weighted by Crippen LogP contribution is 1.99. The molecule has 0 atom stereocenters. The van der Waals surface area contributed by atoms with E-state index in [0.29, 0.717) is 19.6 Å². The van der Waals surface area contributed by atoms with E-state index in [4.69, 9.17) is 9.47 Å². The zero-order chi connectivity index (χ0) is 10.8. The minimum absolute atomic E-state index is 0.179. The Labute approximate surface area is 86.2 Å². The molecule has 0 bridgehead atoms. The second-order valence-electron chi connectivity index (χ2n) is 3.26. The summed E-state index contributed by atoms with van der Waals surface area (Å²) < 4.78 is 9.80. The van der Waals surface area contributed by atoms with Crippen LogP contribution in [0.2, 0.25) is 0 Å². The first-order valence-electron chi connectivity index (χ1n) is 4.94. The number of nitrogens with zero attached hydrogens (tertiary/aromatic N) is 1. The van der Waals surface area contributed by atoms with Crippen molar-refractivity contribution in [2.24, 2.45) is 0 Å². The number of unbranched alkanes of at least 4 members (excludes halogenated alkanes) is 1. The van der Waals surface area contributed by atoms with E-state index >= 15 is 0 Å². The van der Waals surface area contributed by atoms with Gasteiger partial charge in [0.05, 0.1) is 6.61 Å². The second kappa shape index (κ2) is 8.97. The summed E-state index contributed by atoms with van der Waals surface area (Å²) >= 11 is 0. The number of ether oxygens (including phenoxy) is 2. The van der Waals surface area contributed by atoms with Crippen LogP contribution in [0.25, 0.3) is 0 Å². The average molecular weight is 203 g/mol. The fourth-order valence-corrected chi connectivity index (χ4v) is 1.07. The zero-order valence-corrected chi connectivity index (χ0v) is 9.41. The average Bonchev–Trinajstić information content (AvgIpc) is 2.20. The fraction of sp³-hybridized carbons (Fsp3) is 0.900. The standard InChI is InChI=1S/C10H21NO3/c1-11(7-9-14-3)10(12)6-4-5-8-13-2/h4-9H2,1-3H3. The van der Waals surface area contributed by atoms with Crippen LogP contribution in [-0.4, -0.2) is 51.8 Å². The molecule has 0 fully saturated rings. The maximum atomic E-state index is 11.4. The van der Waals surface area contributed by atoms with E-state index in [1.807, 2.05) is 0 Å². The first-order chi connectivity index (χ1) is 6.72. The summed E-state index contributed by atoms with van der Waals surface area (Å²) in [5.41, 5.74) is 0. The minimum atomic E-state index is 0.179. The highest BCUT2D eigenvalue weighted by molar-refractivity contribution is 5.75. The highest BCUT2D eigenvalue weighted by atomic mass is 16.5. The number of hydrogen-bond acceptors (Lipinski definition) is 3. The van der Waals surface area contributed by atoms with E-state index in [1.54, 1.807) is 26.2 Å². The molecule has 0 N–H and O–H groups in total. The molecule has 0 aromatic heterocycles. The normalized spacial score (nSPS) is 10.2. The molecule has 0 saturated heterocycles. The monoisotopic (exact) mass is 203 g/mol. The van der Waals surface area contributed by atoms with Crippen LogP contribution in [0.1, 0.15) is 19.3 Å². The van der Waals surface area contributed by atoms with Crippen LogP contribution in [0.15, 0.2) is 0 Å². The predicted octanol–water partition coefficient (Wildman–Crippen LogP) is 0.908. The molecule has 0 aromatic rings. The lowest BCUT2D eigenvalue weighted by atomic mass is 10.2. The van der Waals surface area contributed by atoms with Crippen molar-refractivity contribution in [2.75, 3.05) is 41.0 Å². The van der Waals surface area contributed by atoms with Gasteiger partial charge >= 0.3 is 0 Å². The molecule has 0 aliphatic heterocycles. The Morgan fingerprint density at radius 1 is 1.14 bits per heavy atom. The molecule has 4 heteroatoms. The van der Waals surface area contributed by atoms with Crippen molar-refractivity contribution >= 4 is 5.91 Å². The van der Waals surface area contributed by atoms with Gasteiger partial charge in [0, 0.05) is 40.8 Å². The Kier molecular flexibility index (Phi) is 8.57. The summed E-state index contributed by atoms with van der Waals surface area (Å²) in [5, 5.41) is 0. The molecule has 0 aliphatic carbocycles. The summed E-state index contributed by atoms with van der Waals surface area (Å²) in [6, 6.07) is 0. The predicted molar refractivity (Wildman–Crippen MR) is 55.2 cm³/mol. The Bertz CT molecular complexity index is 150. The third kappa shape index (κ3) is 6.86. The molecular formula is C10H21NO3. The van der Waals surface area contributed by atoms with Crippen LogP contribution >= 0.6 is 0 Å². The van der Waals surface area contributed by atoms with Crippen molar-refractivity contribution < 1.29 is 14.3 Å². The van der Waals surface area contributed by atoms with E-state index in [0.717, 1.165) is 19.4 Å². The largest absolute Gasteiger partial charge is 0.385 e. The number of amides is 1. The van der Waals surface area contributed by atoms with Crippen LogP contribution in [0.5, 0.6) is 0 Å². The SMILES string of the molecule is COCCCCC(=O)N(C)CCOC. The number of rotatable bonds is 8. The van der Waals surface area contributed by atoms with E-state index in [9.17, 15) is 4.79 Å². The van der Waals surface area contributed by atoms with Gasteiger partial charge in [-0.3, -0.25) is 4.79 Å². The van der Waals surface area contributed by atoms with Crippen molar-refractivity contribution in [1.29, 1.82) is 0 Å². The van der Waals surface area contributed by atoms with E-state index in [-0.39, 0.29) is 5.91 Å². The van der Waals surface area contributed by atoms with Gasteiger partial charge in [0.2, 0.25) is 5.91 Å². The van der Waals surface area contributed by atoms with Gasteiger partial charge in [-0.2, -0.15) is 0 Å². The number of hydrogen-bond donors (Lipinski definition) is 0. The van der Waals surface area contributed by atoms with Crippen molar-refractivity contribution in [3.63, 3.8) is 0 Å². The lowest BCUT2D eigenvalue weighted by molar-refractivity contribution is -0.130. The zero-order valence-electron chi connectivity index (χ0n) is 9.41. The highest BCUT2D eigenvalue weighted by Gasteiger charge is 2.06. The number of methoxy groups -OCH3 is 2. The molecule has 0 aromatic carbocycles. The number of carbonyl (C=O) groups is 1. The van der Waals surface area contributed by atoms with Gasteiger partial charge in [-0.15, -0.1) is 0 Å². The van der Waals surface area contributed by atoms with Crippen LogP contribution in [0, 0.1) is 0 Å². The minimum Gasteiger partial charge on any atom is -0.385 e. The summed E-state index contributed by atoms with van der Waals surface area (Å²) in [6.07, 6.45) is 2.44. The maximum absolute atomic E-state index is 11.4. The molecule has 4 nitrogen and oxygen atoms in total. The van der Waals surface area contributed by atoms with Crippen molar-refractivity contribution in [1.82, 2.24) is 4.90 Å². The van der Waals surface area contributed by atoms with E-state index in [2.05, 4.69) is 0 Å². The third-order valence-electron chi connectivity index (χ3n) is 2.05. The molecule has 0 aliphatic rings. The molecule has 0 spiro atoms. The molecule has 0 saturated carbocycles. The van der Waals surface area contributed by atoms with Crippen LogP contribution in [0.3, 0.4) is 0 Å². The Morgan fingerprint density at radius 3 is 2.36 bits per heavy atom. The molecule has 84 valence electrons. The van der Waals surface area contributed by atoms with Gasteiger partial charge < -0.3 is 14.4 Å². The molecule has 0 heterocycles. The summed E-state index contributed by atoms with van der Waals surface area (Å²) in [6.45, 7) is 2.00. The smallest absolute Gasteiger partial charge is 0.222 e. The lowest BCUT2D eigenvalue weighted by Gasteiger charge is -2.16. The molecule has 0 unspecified atom stereocenters. The molecule has 14 heavy (non-hydrogen) atoms. The molecule has 0 rings (SSSR count). The Balaban J connectivity index is 3.42. The summed E-state index contributed by atoms with van der Waals surface area (Å²) in [7, 11) is 5.11. The van der Waals surface area contributed by atoms with E-state index in [1.165, 1.54) is 0 Å². The quantitative estimate of drug-likeness (QED) is 0.550. The van der Waals surface area contributed by atoms with Gasteiger partial charge in [0.1, 0.15) is 0 Å². The first-order valence-corrected chi connectivity index (χ1v) is 4.94. The molecule has 1 amide bonds. The topological polar surface area (TPSA) is 38.8 Å². The Hall–Kier alpha value is -0.610. The first kappa shape index (κ1) is 13.4. The van der Waals surface area contributed by atoms with Gasteiger partial charge in [-0.25, -0.2) is 0 Å². The summed E-state index contributed by atoms with van der Waals surface area (Å²) in [4.78, 5) is 13.1. The van der Waals surface area contributed by atoms with Gasteiger partial charge in [-0.05, 0) is 12.8 Å². The Morgan fingerprint density at radius 2 is 1.79 bits per heavy atom. The number of carbonyl (C=O) groups excluding carboxylic acids is 1. The fourth-order valence-electron chi connectivity index (χ4n) is 1.07. The van der Waals surface area contributed by atoms with Gasteiger partial charge in [0.15, 0.2) is 0 Å². The van der Waals surface area contributed by atoms with Crippen molar-refractivity contribution in [2.45, 2.75) is 19.3 Å². The van der Waals surface area contributed by atoms with Crippen LogP contribution in [0.4, 0.5) is 0 Å². The van der Waals surface area contributed by atoms with Crippen LogP contribution in [-0.2, 0) is 14.3 Å². The maximum Gasteiger partial charge on any atom is 0.222 e. The number of likely N-dealkylation sites (N-methyl/N-ethyl adjacent to an activating group) is 1. The van der Waals surface area contributed by atoms with Crippen LogP contribution < -0.4 is 0 Å². The third-order valence-corrected chi connectivity index (χ3v) is 2.05.